The van der Waals surface area contributed by atoms with Crippen LogP contribution in [-0.2, 0) is 28.7 Å². The maximum atomic E-state index is 12.4. The number of carbonyl (C=O) groups is 4. The highest BCUT2D eigenvalue weighted by molar-refractivity contribution is 5.79. The third kappa shape index (κ3) is 8.27. The van der Waals surface area contributed by atoms with Gasteiger partial charge in [0.15, 0.2) is 12.5 Å². The topological polar surface area (TPSA) is 256 Å². The van der Waals surface area contributed by atoms with E-state index in [0.717, 1.165) is 0 Å². The highest BCUT2D eigenvalue weighted by atomic mass is 16.5. The third-order valence-corrected chi connectivity index (χ3v) is 6.01. The zero-order valence-corrected chi connectivity index (χ0v) is 20.4. The van der Waals surface area contributed by atoms with Crippen molar-refractivity contribution in [3.05, 3.63) is 0 Å². The van der Waals surface area contributed by atoms with Crippen LogP contribution in [0.1, 0.15) is 33.1 Å². The number of ether oxygens (including phenoxy) is 2. The second-order valence-corrected chi connectivity index (χ2v) is 8.96. The van der Waals surface area contributed by atoms with Gasteiger partial charge in [-0.25, -0.2) is 0 Å². The number of amides is 4. The molecule has 0 aromatic rings. The Balaban J connectivity index is 1.91. The molecule has 2 aliphatic rings. The standard InChI is InChI=1S/C21H36N4O12/c1-8(28)22-14-18(34)16(32)10(6-26)36-20(14)24-12(30)4-3-5-13(31)25-21-15(23-9(2)29)19(35)17(33)11(7-27)37-21/h10-11,14-21,26-27,32-35H,3-7H2,1-2H3,(H,22,28)(H,23,29)(H,24,30)(H,25,31)/t10-,11-,14-,15-,16-,17-,18-,19-,20-,21-/m1/s1. The van der Waals surface area contributed by atoms with Crippen LogP contribution in [0.25, 0.3) is 0 Å². The van der Waals surface area contributed by atoms with Crippen LogP contribution >= 0.6 is 0 Å². The van der Waals surface area contributed by atoms with Crippen molar-refractivity contribution in [2.24, 2.45) is 0 Å². The molecule has 10 N–H and O–H groups in total. The first-order chi connectivity index (χ1) is 17.4. The zero-order valence-electron chi connectivity index (χ0n) is 20.4. The van der Waals surface area contributed by atoms with Gasteiger partial charge in [-0.3, -0.25) is 19.2 Å². The summed E-state index contributed by atoms with van der Waals surface area (Å²) in [6.45, 7) is 1.04. The van der Waals surface area contributed by atoms with Crippen LogP contribution in [0, 0.1) is 0 Å². The molecule has 16 nitrogen and oxygen atoms in total. The lowest BCUT2D eigenvalue weighted by molar-refractivity contribution is -0.203. The Labute approximate surface area is 212 Å². The van der Waals surface area contributed by atoms with Gasteiger partial charge in [0.2, 0.25) is 23.6 Å². The van der Waals surface area contributed by atoms with Crippen molar-refractivity contribution in [1.82, 2.24) is 21.3 Å². The van der Waals surface area contributed by atoms with E-state index in [-0.39, 0.29) is 19.3 Å². The molecule has 0 spiro atoms. The van der Waals surface area contributed by atoms with Crippen LogP contribution in [0.3, 0.4) is 0 Å². The van der Waals surface area contributed by atoms with Gasteiger partial charge in [0.1, 0.15) is 48.7 Å². The first kappa shape index (κ1) is 30.8. The van der Waals surface area contributed by atoms with Crippen LogP contribution in [-0.4, -0.2) is 129 Å². The van der Waals surface area contributed by atoms with Crippen LogP contribution < -0.4 is 21.3 Å². The van der Waals surface area contributed by atoms with E-state index in [4.69, 9.17) is 9.47 Å². The van der Waals surface area contributed by atoms with Gasteiger partial charge >= 0.3 is 0 Å². The van der Waals surface area contributed by atoms with Crippen molar-refractivity contribution in [2.45, 2.75) is 94.3 Å². The van der Waals surface area contributed by atoms with E-state index in [1.807, 2.05) is 0 Å². The highest BCUT2D eigenvalue weighted by Crippen LogP contribution is 2.21. The quantitative estimate of drug-likeness (QED) is 0.125. The van der Waals surface area contributed by atoms with Crippen molar-refractivity contribution in [2.75, 3.05) is 13.2 Å². The monoisotopic (exact) mass is 536 g/mol. The van der Waals surface area contributed by atoms with E-state index in [0.29, 0.717) is 0 Å². The number of aliphatic hydroxyl groups is 6. The minimum atomic E-state index is -1.53. The Bertz CT molecular complexity index is 752. The smallest absolute Gasteiger partial charge is 0.222 e. The molecule has 0 unspecified atom stereocenters. The van der Waals surface area contributed by atoms with E-state index in [1.54, 1.807) is 0 Å². The average molecular weight is 537 g/mol. The normalized spacial score (nSPS) is 35.8. The zero-order chi connectivity index (χ0) is 27.9. The number of aliphatic hydroxyl groups excluding tert-OH is 6. The summed E-state index contributed by atoms with van der Waals surface area (Å²) in [6.07, 6.45) is -11.4. The fourth-order valence-corrected chi connectivity index (χ4v) is 4.14. The Hall–Kier alpha value is -2.44. The number of carbonyl (C=O) groups excluding carboxylic acids is 4. The summed E-state index contributed by atoms with van der Waals surface area (Å²) in [5, 5.41) is 68.9. The Morgan fingerprint density at radius 1 is 0.622 bits per heavy atom. The largest absolute Gasteiger partial charge is 0.394 e. The molecule has 212 valence electrons. The average Bonchev–Trinajstić information content (AvgIpc) is 2.82. The van der Waals surface area contributed by atoms with Crippen molar-refractivity contribution >= 4 is 23.6 Å². The SMILES string of the molecule is CC(=O)N[C@@H]1[C@@H](O)[C@H](O)[C@@H](CO)O[C@H]1NC(=O)CCCC(=O)N[C@@H]1O[C@H](CO)[C@@H](O)[C@H](O)[C@H]1NC(C)=O. The summed E-state index contributed by atoms with van der Waals surface area (Å²) < 4.78 is 10.8. The van der Waals surface area contributed by atoms with E-state index >= 15 is 0 Å². The predicted molar refractivity (Wildman–Crippen MR) is 121 cm³/mol. The van der Waals surface area contributed by atoms with Gasteiger partial charge in [-0.05, 0) is 6.42 Å². The second-order valence-electron chi connectivity index (χ2n) is 8.96. The lowest BCUT2D eigenvalue weighted by Gasteiger charge is -2.42. The van der Waals surface area contributed by atoms with Crippen molar-refractivity contribution in [3.63, 3.8) is 0 Å². The van der Waals surface area contributed by atoms with E-state index < -0.39 is 98.0 Å². The molecule has 2 heterocycles. The molecular formula is C21H36N4O12. The van der Waals surface area contributed by atoms with Crippen molar-refractivity contribution < 1.29 is 59.3 Å². The molecule has 37 heavy (non-hydrogen) atoms. The third-order valence-electron chi connectivity index (χ3n) is 6.01. The number of hydrogen-bond donors (Lipinski definition) is 10. The van der Waals surface area contributed by atoms with Crippen molar-refractivity contribution in [3.8, 4) is 0 Å². The summed E-state index contributed by atoms with van der Waals surface area (Å²) in [5.41, 5.74) is 0. The van der Waals surface area contributed by atoms with Crippen LogP contribution in [0.4, 0.5) is 0 Å². The van der Waals surface area contributed by atoms with Gasteiger partial charge < -0.3 is 61.4 Å². The van der Waals surface area contributed by atoms with E-state index in [1.165, 1.54) is 13.8 Å². The van der Waals surface area contributed by atoms with Gasteiger partial charge in [-0.1, -0.05) is 0 Å². The minimum absolute atomic E-state index is 0.0237. The summed E-state index contributed by atoms with van der Waals surface area (Å²) in [7, 11) is 0. The van der Waals surface area contributed by atoms with Gasteiger partial charge in [-0.2, -0.15) is 0 Å². The van der Waals surface area contributed by atoms with Crippen molar-refractivity contribution in [1.29, 1.82) is 0 Å². The summed E-state index contributed by atoms with van der Waals surface area (Å²) in [4.78, 5) is 47.8. The Kier molecular flexibility index (Phi) is 11.6. The fourth-order valence-electron chi connectivity index (χ4n) is 4.14. The minimum Gasteiger partial charge on any atom is -0.394 e. The highest BCUT2D eigenvalue weighted by Gasteiger charge is 2.46. The van der Waals surface area contributed by atoms with Crippen LogP contribution in [0.2, 0.25) is 0 Å². The first-order valence-electron chi connectivity index (χ1n) is 11.8. The second kappa shape index (κ2) is 13.9. The number of rotatable bonds is 10. The molecule has 0 saturated carbocycles. The maximum Gasteiger partial charge on any atom is 0.222 e. The lowest BCUT2D eigenvalue weighted by atomic mass is 9.95. The summed E-state index contributed by atoms with van der Waals surface area (Å²) in [6, 6.07) is -2.39. The van der Waals surface area contributed by atoms with Gasteiger partial charge in [0, 0.05) is 26.7 Å². The molecule has 16 heteroatoms. The molecular weight excluding hydrogens is 500 g/mol. The molecule has 4 amide bonds. The Morgan fingerprint density at radius 3 is 1.27 bits per heavy atom. The molecule has 2 rings (SSSR count). The number of nitrogens with one attached hydrogen (secondary N) is 4. The van der Waals surface area contributed by atoms with E-state index in [2.05, 4.69) is 21.3 Å². The molecule has 0 aliphatic carbocycles. The van der Waals surface area contributed by atoms with Gasteiger partial charge in [-0.15, -0.1) is 0 Å². The molecule has 0 aromatic heterocycles. The van der Waals surface area contributed by atoms with E-state index in [9.17, 15) is 49.8 Å². The van der Waals surface area contributed by atoms with Crippen LogP contribution in [0.15, 0.2) is 0 Å². The molecule has 2 aliphatic heterocycles. The number of hydrogen-bond acceptors (Lipinski definition) is 12. The maximum absolute atomic E-state index is 12.4. The molecule has 2 fully saturated rings. The molecule has 10 atom stereocenters. The predicted octanol–water partition coefficient (Wildman–Crippen LogP) is -5.72. The molecule has 0 aromatic carbocycles. The Morgan fingerprint density at radius 2 is 0.973 bits per heavy atom. The van der Waals surface area contributed by atoms with Crippen LogP contribution in [0.5, 0.6) is 0 Å². The van der Waals surface area contributed by atoms with Gasteiger partial charge in [0.05, 0.1) is 13.2 Å². The molecule has 0 radical (unpaired) electrons. The first-order valence-corrected chi connectivity index (χ1v) is 11.8. The summed E-state index contributed by atoms with van der Waals surface area (Å²) in [5.74, 6) is -2.33. The summed E-state index contributed by atoms with van der Waals surface area (Å²) >= 11 is 0. The molecule has 2 saturated heterocycles. The van der Waals surface area contributed by atoms with Gasteiger partial charge in [0.25, 0.3) is 0 Å². The lowest BCUT2D eigenvalue weighted by Crippen LogP contribution is -2.68. The molecule has 0 bridgehead atoms. The fraction of sp³-hybridized carbons (Fsp3) is 0.810.